The van der Waals surface area contributed by atoms with Crippen LogP contribution in [0.2, 0.25) is 0 Å². The van der Waals surface area contributed by atoms with E-state index >= 15 is 0 Å². The molecule has 0 amide bonds. The average Bonchev–Trinajstić information content (AvgIpc) is 2.39. The van der Waals surface area contributed by atoms with Gasteiger partial charge in [-0.1, -0.05) is 6.07 Å². The third kappa shape index (κ3) is 2.42. The van der Waals surface area contributed by atoms with Gasteiger partial charge in [0.1, 0.15) is 0 Å². The first-order valence-electron chi connectivity index (χ1n) is 5.15. The molecule has 1 aromatic carbocycles. The zero-order chi connectivity index (χ0) is 12.3. The van der Waals surface area contributed by atoms with E-state index in [2.05, 4.69) is 4.98 Å². The Morgan fingerprint density at radius 1 is 1.24 bits per heavy atom. The molecule has 0 atom stereocenters. The summed E-state index contributed by atoms with van der Waals surface area (Å²) in [6, 6.07) is 10.6. The number of carboxylic acids is 1. The highest BCUT2D eigenvalue weighted by molar-refractivity contribution is 5.89. The van der Waals surface area contributed by atoms with E-state index in [0.717, 1.165) is 11.4 Å². The second kappa shape index (κ2) is 4.65. The molecule has 4 heteroatoms. The van der Waals surface area contributed by atoms with Gasteiger partial charge in [0.25, 0.3) is 0 Å². The molecule has 1 N–H and O–H groups in total. The molecule has 2 rings (SSSR count). The normalized spacial score (nSPS) is 9.94. The summed E-state index contributed by atoms with van der Waals surface area (Å²) in [7, 11) is 1.87. The Morgan fingerprint density at radius 2 is 2.00 bits per heavy atom. The number of aromatic carboxylic acids is 1. The monoisotopic (exact) mass is 228 g/mol. The van der Waals surface area contributed by atoms with Crippen molar-refractivity contribution in [3.8, 4) is 0 Å². The van der Waals surface area contributed by atoms with Crippen molar-refractivity contribution in [2.45, 2.75) is 0 Å². The summed E-state index contributed by atoms with van der Waals surface area (Å²) < 4.78 is 0. The molecule has 0 aliphatic carbocycles. The van der Waals surface area contributed by atoms with Crippen LogP contribution in [0.15, 0.2) is 48.8 Å². The molecule has 0 aliphatic heterocycles. The minimum absolute atomic E-state index is 0.276. The first-order chi connectivity index (χ1) is 8.18. The zero-order valence-corrected chi connectivity index (χ0v) is 9.37. The summed E-state index contributed by atoms with van der Waals surface area (Å²) in [4.78, 5) is 16.8. The number of carbonyl (C=O) groups is 1. The summed E-state index contributed by atoms with van der Waals surface area (Å²) in [6.45, 7) is 0. The van der Waals surface area contributed by atoms with E-state index in [4.69, 9.17) is 5.11 Å². The fraction of sp³-hybridized carbons (Fsp3) is 0.0769. The van der Waals surface area contributed by atoms with Crippen LogP contribution in [0.25, 0.3) is 0 Å². The quantitative estimate of drug-likeness (QED) is 0.877. The lowest BCUT2D eigenvalue weighted by Crippen LogP contribution is -2.10. The van der Waals surface area contributed by atoms with Crippen LogP contribution in [0.1, 0.15) is 10.4 Å². The van der Waals surface area contributed by atoms with Gasteiger partial charge in [-0.3, -0.25) is 4.98 Å². The van der Waals surface area contributed by atoms with Crippen LogP contribution in [-0.2, 0) is 0 Å². The molecule has 0 unspecified atom stereocenters. The zero-order valence-electron chi connectivity index (χ0n) is 9.37. The first-order valence-corrected chi connectivity index (χ1v) is 5.15. The number of rotatable bonds is 3. The summed E-state index contributed by atoms with van der Waals surface area (Å²) >= 11 is 0. The third-order valence-corrected chi connectivity index (χ3v) is 2.51. The molecule has 2 aromatic rings. The fourth-order valence-corrected chi connectivity index (χ4v) is 1.55. The maximum atomic E-state index is 10.9. The van der Waals surface area contributed by atoms with E-state index in [0.29, 0.717) is 0 Å². The van der Waals surface area contributed by atoms with Crippen LogP contribution >= 0.6 is 0 Å². The summed E-state index contributed by atoms with van der Waals surface area (Å²) in [6.07, 6.45) is 3.43. The Labute approximate surface area is 99.2 Å². The maximum absolute atomic E-state index is 10.9. The molecule has 0 bridgehead atoms. The van der Waals surface area contributed by atoms with E-state index in [-0.39, 0.29) is 5.56 Å². The maximum Gasteiger partial charge on any atom is 0.335 e. The third-order valence-electron chi connectivity index (χ3n) is 2.51. The van der Waals surface area contributed by atoms with Gasteiger partial charge in [-0.15, -0.1) is 0 Å². The number of aromatic nitrogens is 1. The highest BCUT2D eigenvalue weighted by Crippen LogP contribution is 2.23. The van der Waals surface area contributed by atoms with E-state index in [1.54, 1.807) is 30.6 Å². The molecule has 4 nitrogen and oxygen atoms in total. The van der Waals surface area contributed by atoms with Gasteiger partial charge >= 0.3 is 5.97 Å². The van der Waals surface area contributed by atoms with Crippen molar-refractivity contribution in [1.29, 1.82) is 0 Å². The van der Waals surface area contributed by atoms with Gasteiger partial charge in [0.15, 0.2) is 0 Å². The largest absolute Gasteiger partial charge is 0.478 e. The predicted molar refractivity (Wildman–Crippen MR) is 65.7 cm³/mol. The van der Waals surface area contributed by atoms with Crippen LogP contribution in [0.3, 0.4) is 0 Å². The van der Waals surface area contributed by atoms with Crippen LogP contribution < -0.4 is 4.90 Å². The fourth-order valence-electron chi connectivity index (χ4n) is 1.55. The molecule has 17 heavy (non-hydrogen) atoms. The van der Waals surface area contributed by atoms with Gasteiger partial charge in [-0.25, -0.2) is 4.79 Å². The van der Waals surface area contributed by atoms with Crippen LogP contribution in [0.5, 0.6) is 0 Å². The Balaban J connectivity index is 2.34. The summed E-state index contributed by atoms with van der Waals surface area (Å²) in [5.74, 6) is -0.925. The van der Waals surface area contributed by atoms with Crippen molar-refractivity contribution < 1.29 is 9.90 Å². The highest BCUT2D eigenvalue weighted by atomic mass is 16.4. The van der Waals surface area contributed by atoms with Crippen molar-refractivity contribution in [2.24, 2.45) is 0 Å². The van der Waals surface area contributed by atoms with Crippen molar-refractivity contribution in [3.05, 3.63) is 54.4 Å². The van der Waals surface area contributed by atoms with Crippen molar-refractivity contribution in [3.63, 3.8) is 0 Å². The van der Waals surface area contributed by atoms with Gasteiger partial charge in [-0.2, -0.15) is 0 Å². The lowest BCUT2D eigenvalue weighted by atomic mass is 10.2. The van der Waals surface area contributed by atoms with Gasteiger partial charge < -0.3 is 10.0 Å². The first kappa shape index (κ1) is 11.1. The molecule has 86 valence electrons. The van der Waals surface area contributed by atoms with Crippen molar-refractivity contribution >= 4 is 17.3 Å². The lowest BCUT2D eigenvalue weighted by Gasteiger charge is -2.19. The number of anilines is 2. The average molecular weight is 228 g/mol. The number of benzene rings is 1. The Kier molecular flexibility index (Phi) is 3.05. The second-order valence-electron chi connectivity index (χ2n) is 3.63. The van der Waals surface area contributed by atoms with Gasteiger partial charge in [0.05, 0.1) is 17.4 Å². The predicted octanol–water partition coefficient (Wildman–Crippen LogP) is 2.55. The summed E-state index contributed by atoms with van der Waals surface area (Å²) in [5.41, 5.74) is 2.01. The molecule has 0 radical (unpaired) electrons. The lowest BCUT2D eigenvalue weighted by molar-refractivity contribution is 0.0697. The molecular weight excluding hydrogens is 216 g/mol. The number of nitrogens with zero attached hydrogens (tertiary/aromatic N) is 2. The standard InChI is InChI=1S/C13H12N2O2/c1-15(12-6-3-7-14-9-12)11-5-2-4-10(8-11)13(16)17/h2-9H,1H3,(H,16,17). The Morgan fingerprint density at radius 3 is 2.65 bits per heavy atom. The van der Waals surface area contributed by atoms with Crippen LogP contribution in [0.4, 0.5) is 11.4 Å². The second-order valence-corrected chi connectivity index (χ2v) is 3.63. The summed E-state index contributed by atoms with van der Waals surface area (Å²) in [5, 5.41) is 8.93. The molecule has 0 fully saturated rings. The Hall–Kier alpha value is -2.36. The van der Waals surface area contributed by atoms with Gasteiger partial charge in [-0.05, 0) is 30.3 Å². The molecule has 0 aliphatic rings. The van der Waals surface area contributed by atoms with Crippen LogP contribution in [-0.4, -0.2) is 23.1 Å². The number of hydrogen-bond donors (Lipinski definition) is 1. The van der Waals surface area contributed by atoms with E-state index < -0.39 is 5.97 Å². The number of hydrogen-bond acceptors (Lipinski definition) is 3. The molecule has 0 saturated heterocycles. The minimum Gasteiger partial charge on any atom is -0.478 e. The van der Waals surface area contributed by atoms with E-state index in [1.807, 2.05) is 30.1 Å². The SMILES string of the molecule is CN(c1cccnc1)c1cccc(C(=O)O)c1. The number of carboxylic acid groups (broad SMARTS) is 1. The topological polar surface area (TPSA) is 53.4 Å². The Bertz CT molecular complexity index is 526. The minimum atomic E-state index is -0.925. The molecule has 0 spiro atoms. The molecular formula is C13H12N2O2. The van der Waals surface area contributed by atoms with Crippen molar-refractivity contribution in [1.82, 2.24) is 4.98 Å². The molecule has 0 saturated carbocycles. The van der Waals surface area contributed by atoms with Crippen molar-refractivity contribution in [2.75, 3.05) is 11.9 Å². The van der Waals surface area contributed by atoms with Gasteiger partial charge in [0, 0.05) is 18.9 Å². The molecule has 1 aromatic heterocycles. The van der Waals surface area contributed by atoms with E-state index in [1.165, 1.54) is 0 Å². The van der Waals surface area contributed by atoms with E-state index in [9.17, 15) is 4.79 Å². The smallest absolute Gasteiger partial charge is 0.335 e. The molecule has 1 heterocycles. The highest BCUT2D eigenvalue weighted by Gasteiger charge is 2.07. The van der Waals surface area contributed by atoms with Gasteiger partial charge in [0.2, 0.25) is 0 Å². The van der Waals surface area contributed by atoms with Crippen LogP contribution in [0, 0.1) is 0 Å². The number of pyridine rings is 1.